The van der Waals surface area contributed by atoms with Crippen LogP contribution in [0.5, 0.6) is 0 Å². The van der Waals surface area contributed by atoms with E-state index in [0.717, 1.165) is 12.8 Å². The lowest BCUT2D eigenvalue weighted by molar-refractivity contribution is -0.147. The molecule has 0 radical (unpaired) electrons. The lowest BCUT2D eigenvalue weighted by Gasteiger charge is -2.13. The van der Waals surface area contributed by atoms with Gasteiger partial charge in [-0.1, -0.05) is 19.8 Å². The summed E-state index contributed by atoms with van der Waals surface area (Å²) >= 11 is 0. The van der Waals surface area contributed by atoms with Crippen LogP contribution in [0.4, 0.5) is 0 Å². The number of carboxylic acid groups (broad SMARTS) is 1. The van der Waals surface area contributed by atoms with Crippen LogP contribution in [0.2, 0.25) is 0 Å². The molecular formula is C7H15NO3. The van der Waals surface area contributed by atoms with E-state index in [4.69, 9.17) is 15.9 Å². The summed E-state index contributed by atoms with van der Waals surface area (Å²) in [6.45, 7) is 1.99. The van der Waals surface area contributed by atoms with E-state index in [2.05, 4.69) is 0 Å². The van der Waals surface area contributed by atoms with Crippen LogP contribution in [0.1, 0.15) is 26.2 Å². The second-order valence-corrected chi connectivity index (χ2v) is 2.59. The normalized spacial score (nSPS) is 15.9. The molecule has 11 heavy (non-hydrogen) atoms. The predicted molar refractivity (Wildman–Crippen MR) is 41.1 cm³/mol. The van der Waals surface area contributed by atoms with Crippen LogP contribution in [0.15, 0.2) is 0 Å². The van der Waals surface area contributed by atoms with Crippen molar-refractivity contribution < 1.29 is 15.0 Å². The second-order valence-electron chi connectivity index (χ2n) is 2.59. The number of hydrogen-bond acceptors (Lipinski definition) is 3. The molecule has 0 aromatic heterocycles. The zero-order valence-corrected chi connectivity index (χ0v) is 6.66. The molecule has 0 bridgehead atoms. The number of rotatable bonds is 5. The number of carbonyl (C=O) groups is 1. The van der Waals surface area contributed by atoms with Crippen molar-refractivity contribution in [2.45, 2.75) is 38.3 Å². The van der Waals surface area contributed by atoms with E-state index >= 15 is 0 Å². The van der Waals surface area contributed by atoms with Gasteiger partial charge in [0, 0.05) is 6.04 Å². The number of carboxylic acids is 1. The summed E-state index contributed by atoms with van der Waals surface area (Å²) in [5.41, 5.74) is 5.37. The minimum absolute atomic E-state index is 0.559. The maximum atomic E-state index is 10.2. The number of aliphatic hydroxyl groups excluding tert-OH is 1. The van der Waals surface area contributed by atoms with Crippen molar-refractivity contribution in [1.82, 2.24) is 0 Å². The Morgan fingerprint density at radius 2 is 2.18 bits per heavy atom. The summed E-state index contributed by atoms with van der Waals surface area (Å²) in [5, 5.41) is 17.2. The molecular weight excluding hydrogens is 146 g/mol. The molecule has 0 rings (SSSR count). The van der Waals surface area contributed by atoms with E-state index < -0.39 is 18.1 Å². The molecule has 0 amide bonds. The van der Waals surface area contributed by atoms with Crippen LogP contribution >= 0.6 is 0 Å². The third-order valence-corrected chi connectivity index (χ3v) is 1.55. The third kappa shape index (κ3) is 3.95. The summed E-state index contributed by atoms with van der Waals surface area (Å²) in [5.74, 6) is -1.24. The van der Waals surface area contributed by atoms with Gasteiger partial charge in [0.15, 0.2) is 6.10 Å². The van der Waals surface area contributed by atoms with Crippen LogP contribution in [-0.2, 0) is 4.79 Å². The average molecular weight is 161 g/mol. The first kappa shape index (κ1) is 10.4. The van der Waals surface area contributed by atoms with Gasteiger partial charge in [-0.05, 0) is 6.42 Å². The summed E-state index contributed by atoms with van der Waals surface area (Å²) in [4.78, 5) is 10.2. The lowest BCUT2D eigenvalue weighted by atomic mass is 10.1. The lowest BCUT2D eigenvalue weighted by Crippen LogP contribution is -2.40. The molecule has 0 saturated carbocycles. The molecule has 4 nitrogen and oxygen atoms in total. The Morgan fingerprint density at radius 3 is 2.55 bits per heavy atom. The fourth-order valence-corrected chi connectivity index (χ4v) is 0.781. The molecule has 4 heteroatoms. The Hall–Kier alpha value is -0.610. The van der Waals surface area contributed by atoms with E-state index in [9.17, 15) is 4.79 Å². The standard InChI is InChI=1S/C7H15NO3/c1-2-3-4-5(8)6(9)7(10)11/h5-6,9H,2-4,8H2,1H3,(H,10,11)/t5-,6-/m0/s1. The molecule has 0 saturated heterocycles. The molecule has 2 atom stereocenters. The minimum atomic E-state index is -1.42. The largest absolute Gasteiger partial charge is 0.479 e. The molecule has 0 aliphatic rings. The molecule has 0 heterocycles. The molecule has 0 unspecified atom stereocenters. The van der Waals surface area contributed by atoms with Gasteiger partial charge >= 0.3 is 5.97 Å². The zero-order valence-electron chi connectivity index (χ0n) is 6.66. The van der Waals surface area contributed by atoms with Gasteiger partial charge in [-0.3, -0.25) is 0 Å². The quantitative estimate of drug-likeness (QED) is 0.528. The van der Waals surface area contributed by atoms with Gasteiger partial charge in [-0.15, -0.1) is 0 Å². The molecule has 0 aromatic carbocycles. The van der Waals surface area contributed by atoms with Gasteiger partial charge in [0.2, 0.25) is 0 Å². The Kier molecular flexibility index (Phi) is 4.81. The van der Waals surface area contributed by atoms with Gasteiger partial charge in [-0.2, -0.15) is 0 Å². The number of nitrogens with two attached hydrogens (primary N) is 1. The third-order valence-electron chi connectivity index (χ3n) is 1.55. The number of unbranched alkanes of at least 4 members (excludes halogenated alkanes) is 1. The van der Waals surface area contributed by atoms with Crippen molar-refractivity contribution in [2.24, 2.45) is 5.73 Å². The maximum absolute atomic E-state index is 10.2. The molecule has 0 aromatic rings. The highest BCUT2D eigenvalue weighted by atomic mass is 16.4. The monoisotopic (exact) mass is 161 g/mol. The van der Waals surface area contributed by atoms with Gasteiger partial charge in [0.1, 0.15) is 0 Å². The zero-order chi connectivity index (χ0) is 8.85. The Balaban J connectivity index is 3.63. The highest BCUT2D eigenvalue weighted by Crippen LogP contribution is 2.02. The summed E-state index contributed by atoms with van der Waals surface area (Å²) in [6, 6.07) is -0.632. The molecule has 0 spiro atoms. The highest BCUT2D eigenvalue weighted by molar-refractivity contribution is 5.72. The number of aliphatic hydroxyl groups is 1. The Bertz CT molecular complexity index is 127. The first-order valence-corrected chi connectivity index (χ1v) is 3.76. The summed E-state index contributed by atoms with van der Waals surface area (Å²) in [7, 11) is 0. The fourth-order valence-electron chi connectivity index (χ4n) is 0.781. The van der Waals surface area contributed by atoms with Crippen LogP contribution in [-0.4, -0.2) is 28.3 Å². The van der Waals surface area contributed by atoms with E-state index in [1.807, 2.05) is 6.92 Å². The van der Waals surface area contributed by atoms with Gasteiger partial charge in [-0.25, -0.2) is 4.79 Å². The molecule has 0 fully saturated rings. The van der Waals surface area contributed by atoms with Gasteiger partial charge in [0.25, 0.3) is 0 Å². The second kappa shape index (κ2) is 5.09. The van der Waals surface area contributed by atoms with Crippen LogP contribution < -0.4 is 5.73 Å². The summed E-state index contributed by atoms with van der Waals surface area (Å²) in [6.07, 6.45) is 0.955. The van der Waals surface area contributed by atoms with Crippen molar-refractivity contribution in [3.05, 3.63) is 0 Å². The maximum Gasteiger partial charge on any atom is 0.334 e. The number of aliphatic carboxylic acids is 1. The van der Waals surface area contributed by atoms with E-state index in [0.29, 0.717) is 6.42 Å². The van der Waals surface area contributed by atoms with Gasteiger partial charge < -0.3 is 15.9 Å². The van der Waals surface area contributed by atoms with Crippen molar-refractivity contribution in [3.63, 3.8) is 0 Å². The highest BCUT2D eigenvalue weighted by Gasteiger charge is 2.20. The van der Waals surface area contributed by atoms with Crippen molar-refractivity contribution in [1.29, 1.82) is 0 Å². The van der Waals surface area contributed by atoms with Crippen LogP contribution in [0.25, 0.3) is 0 Å². The molecule has 4 N–H and O–H groups in total. The minimum Gasteiger partial charge on any atom is -0.479 e. The first-order chi connectivity index (χ1) is 5.09. The van der Waals surface area contributed by atoms with E-state index in [-0.39, 0.29) is 0 Å². The Labute approximate surface area is 66.0 Å². The van der Waals surface area contributed by atoms with Crippen molar-refractivity contribution >= 4 is 5.97 Å². The summed E-state index contributed by atoms with van der Waals surface area (Å²) < 4.78 is 0. The van der Waals surface area contributed by atoms with Crippen LogP contribution in [0, 0.1) is 0 Å². The van der Waals surface area contributed by atoms with E-state index in [1.54, 1.807) is 0 Å². The first-order valence-electron chi connectivity index (χ1n) is 3.76. The van der Waals surface area contributed by atoms with Crippen LogP contribution in [0.3, 0.4) is 0 Å². The van der Waals surface area contributed by atoms with E-state index in [1.165, 1.54) is 0 Å². The number of hydrogen-bond donors (Lipinski definition) is 3. The molecule has 66 valence electrons. The average Bonchev–Trinajstić information content (AvgIpc) is 1.98. The topological polar surface area (TPSA) is 83.5 Å². The molecule has 0 aliphatic carbocycles. The van der Waals surface area contributed by atoms with Crippen molar-refractivity contribution in [3.8, 4) is 0 Å². The Morgan fingerprint density at radius 1 is 1.64 bits per heavy atom. The SMILES string of the molecule is CCCC[C@H](N)[C@H](O)C(=O)O. The molecule has 0 aliphatic heterocycles. The van der Waals surface area contributed by atoms with Crippen molar-refractivity contribution in [2.75, 3.05) is 0 Å². The smallest absolute Gasteiger partial charge is 0.334 e. The predicted octanol–water partition coefficient (Wildman–Crippen LogP) is -0.0506. The van der Waals surface area contributed by atoms with Gasteiger partial charge in [0.05, 0.1) is 0 Å². The fraction of sp³-hybridized carbons (Fsp3) is 0.857.